The fourth-order valence-electron chi connectivity index (χ4n) is 3.21. The van der Waals surface area contributed by atoms with Crippen LogP contribution in [-0.4, -0.2) is 30.4 Å². The van der Waals surface area contributed by atoms with Crippen LogP contribution >= 0.6 is 0 Å². The molecule has 1 saturated heterocycles. The molecular formula is C18H24N2O2. The van der Waals surface area contributed by atoms with Crippen molar-refractivity contribution in [3.8, 4) is 0 Å². The molecule has 0 aliphatic carbocycles. The van der Waals surface area contributed by atoms with E-state index in [2.05, 4.69) is 17.1 Å². The predicted molar refractivity (Wildman–Crippen MR) is 87.6 cm³/mol. The highest BCUT2D eigenvalue weighted by Crippen LogP contribution is 2.23. The van der Waals surface area contributed by atoms with Crippen molar-refractivity contribution >= 4 is 16.9 Å². The first kappa shape index (κ1) is 15.1. The number of fused-ring (bicyclic) bond motifs is 1. The van der Waals surface area contributed by atoms with E-state index in [1.165, 1.54) is 12.8 Å². The monoisotopic (exact) mass is 300 g/mol. The largest absolute Gasteiger partial charge is 0.459 e. The topological polar surface area (TPSA) is 45.5 Å². The van der Waals surface area contributed by atoms with Gasteiger partial charge in [-0.2, -0.15) is 0 Å². The second kappa shape index (κ2) is 6.53. The van der Waals surface area contributed by atoms with E-state index in [-0.39, 0.29) is 11.9 Å². The van der Waals surface area contributed by atoms with Crippen molar-refractivity contribution < 1.29 is 9.21 Å². The first-order chi connectivity index (χ1) is 10.6. The molecule has 1 amide bonds. The van der Waals surface area contributed by atoms with E-state index in [1.807, 2.05) is 37.3 Å². The van der Waals surface area contributed by atoms with Crippen LogP contribution in [0.2, 0.25) is 0 Å². The van der Waals surface area contributed by atoms with Gasteiger partial charge in [-0.05, 0) is 44.4 Å². The van der Waals surface area contributed by atoms with Crippen molar-refractivity contribution in [2.75, 3.05) is 19.6 Å². The van der Waals surface area contributed by atoms with Crippen LogP contribution in [-0.2, 0) is 4.79 Å². The zero-order chi connectivity index (χ0) is 15.5. The summed E-state index contributed by atoms with van der Waals surface area (Å²) in [5, 5.41) is 4.12. The average Bonchev–Trinajstić information content (AvgIpc) is 2.91. The second-order valence-electron chi connectivity index (χ2n) is 6.46. The average molecular weight is 300 g/mol. The zero-order valence-electron chi connectivity index (χ0n) is 13.3. The molecule has 2 atom stereocenters. The van der Waals surface area contributed by atoms with Gasteiger partial charge in [0.25, 0.3) is 0 Å². The molecule has 1 aliphatic heterocycles. The molecule has 0 spiro atoms. The van der Waals surface area contributed by atoms with Crippen molar-refractivity contribution in [1.82, 2.24) is 10.2 Å². The molecule has 0 saturated carbocycles. The van der Waals surface area contributed by atoms with Crippen molar-refractivity contribution in [3.05, 3.63) is 36.1 Å². The van der Waals surface area contributed by atoms with E-state index in [1.54, 1.807) is 0 Å². The number of hydrogen-bond acceptors (Lipinski definition) is 3. The van der Waals surface area contributed by atoms with Crippen LogP contribution in [0.25, 0.3) is 11.0 Å². The van der Waals surface area contributed by atoms with E-state index in [0.717, 1.165) is 29.8 Å². The number of piperidine rings is 1. The minimum Gasteiger partial charge on any atom is -0.459 e. The van der Waals surface area contributed by atoms with Crippen LogP contribution < -0.4 is 5.32 Å². The molecule has 0 radical (unpaired) electrons. The first-order valence-electron chi connectivity index (χ1n) is 8.12. The van der Waals surface area contributed by atoms with Crippen molar-refractivity contribution in [3.63, 3.8) is 0 Å². The summed E-state index contributed by atoms with van der Waals surface area (Å²) in [6, 6.07) is 9.80. The molecule has 4 nitrogen and oxygen atoms in total. The molecular weight excluding hydrogens is 276 g/mol. The van der Waals surface area contributed by atoms with Crippen LogP contribution in [0.15, 0.2) is 34.7 Å². The number of hydrogen-bond donors (Lipinski definition) is 1. The number of para-hydroxylation sites is 1. The molecule has 1 fully saturated rings. The quantitative estimate of drug-likeness (QED) is 0.942. The van der Waals surface area contributed by atoms with Gasteiger partial charge in [0.2, 0.25) is 5.91 Å². The van der Waals surface area contributed by atoms with E-state index >= 15 is 0 Å². The molecule has 1 N–H and O–H groups in total. The molecule has 3 rings (SSSR count). The van der Waals surface area contributed by atoms with Crippen molar-refractivity contribution in [1.29, 1.82) is 0 Å². The summed E-state index contributed by atoms with van der Waals surface area (Å²) in [6.45, 7) is 6.74. The maximum atomic E-state index is 12.2. The number of likely N-dealkylation sites (tertiary alicyclic amines) is 1. The number of carbonyl (C=O) groups excluding carboxylic acids is 1. The molecule has 2 heterocycles. The van der Waals surface area contributed by atoms with Gasteiger partial charge in [0.15, 0.2) is 0 Å². The Hall–Kier alpha value is -1.81. The van der Waals surface area contributed by atoms with E-state index < -0.39 is 0 Å². The van der Waals surface area contributed by atoms with Gasteiger partial charge in [-0.3, -0.25) is 9.69 Å². The van der Waals surface area contributed by atoms with Gasteiger partial charge in [0, 0.05) is 11.9 Å². The van der Waals surface area contributed by atoms with Gasteiger partial charge >= 0.3 is 0 Å². The second-order valence-corrected chi connectivity index (χ2v) is 6.46. The SMILES string of the molecule is C[C@H]1CCCN(CC(=O)N[C@@H](C)c2cc3ccccc3o2)C1. The number of nitrogens with zero attached hydrogens (tertiary/aromatic N) is 1. The van der Waals surface area contributed by atoms with Gasteiger partial charge in [0.05, 0.1) is 12.6 Å². The number of benzene rings is 1. The molecule has 2 aromatic rings. The zero-order valence-corrected chi connectivity index (χ0v) is 13.3. The molecule has 1 aliphatic rings. The lowest BCUT2D eigenvalue weighted by Gasteiger charge is -2.30. The lowest BCUT2D eigenvalue weighted by molar-refractivity contribution is -0.123. The number of amides is 1. The number of furan rings is 1. The van der Waals surface area contributed by atoms with Gasteiger partial charge < -0.3 is 9.73 Å². The van der Waals surface area contributed by atoms with Gasteiger partial charge in [-0.1, -0.05) is 25.1 Å². The summed E-state index contributed by atoms with van der Waals surface area (Å²) in [6.07, 6.45) is 2.46. The molecule has 22 heavy (non-hydrogen) atoms. The molecule has 1 aromatic heterocycles. The van der Waals surface area contributed by atoms with E-state index in [0.29, 0.717) is 12.5 Å². The Bertz CT molecular complexity index is 616. The summed E-state index contributed by atoms with van der Waals surface area (Å²) < 4.78 is 5.81. The smallest absolute Gasteiger partial charge is 0.234 e. The first-order valence-corrected chi connectivity index (χ1v) is 8.12. The van der Waals surface area contributed by atoms with E-state index in [9.17, 15) is 4.79 Å². The summed E-state index contributed by atoms with van der Waals surface area (Å²) in [5.41, 5.74) is 0.864. The maximum Gasteiger partial charge on any atom is 0.234 e. The Morgan fingerprint density at radius 2 is 2.27 bits per heavy atom. The van der Waals surface area contributed by atoms with Crippen molar-refractivity contribution in [2.45, 2.75) is 32.7 Å². The number of rotatable bonds is 4. The third-order valence-electron chi connectivity index (χ3n) is 4.36. The minimum absolute atomic E-state index is 0.0713. The number of carbonyl (C=O) groups is 1. The maximum absolute atomic E-state index is 12.2. The third kappa shape index (κ3) is 3.50. The van der Waals surface area contributed by atoms with Crippen LogP contribution in [0.4, 0.5) is 0 Å². The number of nitrogens with one attached hydrogen (secondary N) is 1. The lowest BCUT2D eigenvalue weighted by atomic mass is 10.0. The predicted octanol–water partition coefficient (Wildman–Crippen LogP) is 3.34. The third-order valence-corrected chi connectivity index (χ3v) is 4.36. The lowest BCUT2D eigenvalue weighted by Crippen LogP contribution is -2.42. The van der Waals surface area contributed by atoms with Crippen LogP contribution in [0.5, 0.6) is 0 Å². The highest BCUT2D eigenvalue weighted by Gasteiger charge is 2.20. The van der Waals surface area contributed by atoms with Gasteiger partial charge in [-0.25, -0.2) is 0 Å². The van der Waals surface area contributed by atoms with Crippen LogP contribution in [0.3, 0.4) is 0 Å². The Morgan fingerprint density at radius 1 is 1.45 bits per heavy atom. The molecule has 118 valence electrons. The Balaban J connectivity index is 1.58. The molecule has 0 unspecified atom stereocenters. The molecule has 4 heteroatoms. The highest BCUT2D eigenvalue weighted by molar-refractivity contribution is 5.80. The van der Waals surface area contributed by atoms with Gasteiger partial charge in [-0.15, -0.1) is 0 Å². The standard InChI is InChI=1S/C18H24N2O2/c1-13-6-5-9-20(11-13)12-18(21)19-14(2)17-10-15-7-3-4-8-16(15)22-17/h3-4,7-8,10,13-14H,5-6,9,11-12H2,1-2H3,(H,19,21)/t13-,14-/m0/s1. The summed E-state index contributed by atoms with van der Waals surface area (Å²) >= 11 is 0. The Labute approximate surface area is 131 Å². The van der Waals surface area contributed by atoms with Gasteiger partial charge in [0.1, 0.15) is 11.3 Å². The fraction of sp³-hybridized carbons (Fsp3) is 0.500. The van der Waals surface area contributed by atoms with E-state index in [4.69, 9.17) is 4.42 Å². The summed E-state index contributed by atoms with van der Waals surface area (Å²) in [5.74, 6) is 1.57. The molecule has 1 aromatic carbocycles. The normalized spacial score (nSPS) is 20.9. The van der Waals surface area contributed by atoms with Crippen LogP contribution in [0.1, 0.15) is 38.5 Å². The summed E-state index contributed by atoms with van der Waals surface area (Å²) in [7, 11) is 0. The Morgan fingerprint density at radius 3 is 3.05 bits per heavy atom. The molecule has 0 bridgehead atoms. The van der Waals surface area contributed by atoms with Crippen LogP contribution in [0, 0.1) is 5.92 Å². The van der Waals surface area contributed by atoms with Crippen molar-refractivity contribution in [2.24, 2.45) is 5.92 Å². The fourth-order valence-corrected chi connectivity index (χ4v) is 3.21. The minimum atomic E-state index is -0.109. The highest BCUT2D eigenvalue weighted by atomic mass is 16.3. The summed E-state index contributed by atoms with van der Waals surface area (Å²) in [4.78, 5) is 14.5. The Kier molecular flexibility index (Phi) is 4.48.